The number of hydrogen-bond donors (Lipinski definition) is 2. The molecule has 3 N–H and O–H groups in total. The first kappa shape index (κ1) is 19.5. The van der Waals surface area contributed by atoms with Crippen molar-refractivity contribution in [3.8, 4) is 11.5 Å². The number of carbonyl (C=O) groups excluding carboxylic acids is 2. The quantitative estimate of drug-likeness (QED) is 0.817. The Morgan fingerprint density at radius 3 is 2.25 bits per heavy atom. The SMILES string of the molecule is COc1cc2c(cc1OC)CN(C(=O)c1c(C)cc(C)[nH]c1=O)C(C(N)=O)C2. The molecule has 2 heterocycles. The first-order valence-electron chi connectivity index (χ1n) is 8.81. The number of aryl methyl sites for hydroxylation is 2. The second-order valence-electron chi connectivity index (χ2n) is 6.87. The number of fused-ring (bicyclic) bond motifs is 1. The lowest BCUT2D eigenvalue weighted by atomic mass is 9.92. The fraction of sp³-hybridized carbons (Fsp3) is 0.350. The average molecular weight is 385 g/mol. The van der Waals surface area contributed by atoms with Crippen molar-refractivity contribution >= 4 is 11.8 Å². The number of hydrogen-bond acceptors (Lipinski definition) is 5. The van der Waals surface area contributed by atoms with Crippen LogP contribution in [0.15, 0.2) is 23.0 Å². The molecule has 0 radical (unpaired) electrons. The Balaban J connectivity index is 2.07. The number of primary amides is 1. The summed E-state index contributed by atoms with van der Waals surface area (Å²) < 4.78 is 10.7. The summed E-state index contributed by atoms with van der Waals surface area (Å²) in [6.45, 7) is 3.57. The zero-order valence-electron chi connectivity index (χ0n) is 16.3. The van der Waals surface area contributed by atoms with Crippen molar-refractivity contribution in [3.63, 3.8) is 0 Å². The highest BCUT2D eigenvalue weighted by molar-refractivity contribution is 5.98. The van der Waals surface area contributed by atoms with E-state index in [1.807, 2.05) is 0 Å². The second kappa shape index (κ2) is 7.38. The lowest BCUT2D eigenvalue weighted by Gasteiger charge is -2.35. The van der Waals surface area contributed by atoms with Gasteiger partial charge in [-0.05, 0) is 48.7 Å². The van der Waals surface area contributed by atoms with Gasteiger partial charge < -0.3 is 25.1 Å². The molecule has 0 aliphatic carbocycles. The van der Waals surface area contributed by atoms with Crippen LogP contribution in [0, 0.1) is 13.8 Å². The Morgan fingerprint density at radius 1 is 1.11 bits per heavy atom. The van der Waals surface area contributed by atoms with Gasteiger partial charge >= 0.3 is 0 Å². The van der Waals surface area contributed by atoms with E-state index in [9.17, 15) is 14.4 Å². The minimum Gasteiger partial charge on any atom is -0.493 e. The van der Waals surface area contributed by atoms with Gasteiger partial charge in [0.05, 0.1) is 14.2 Å². The van der Waals surface area contributed by atoms with Gasteiger partial charge in [0.25, 0.3) is 11.5 Å². The number of carbonyl (C=O) groups is 2. The number of benzene rings is 1. The molecule has 28 heavy (non-hydrogen) atoms. The topological polar surface area (TPSA) is 115 Å². The van der Waals surface area contributed by atoms with Gasteiger partial charge in [0.15, 0.2) is 11.5 Å². The molecule has 1 aliphatic rings. The summed E-state index contributed by atoms with van der Waals surface area (Å²) in [4.78, 5) is 41.7. The van der Waals surface area contributed by atoms with Crippen molar-refractivity contribution in [1.82, 2.24) is 9.88 Å². The highest BCUT2D eigenvalue weighted by Gasteiger charge is 2.36. The van der Waals surface area contributed by atoms with Gasteiger partial charge in [-0.3, -0.25) is 14.4 Å². The van der Waals surface area contributed by atoms with Crippen LogP contribution in [0.25, 0.3) is 0 Å². The molecule has 0 fully saturated rings. The van der Waals surface area contributed by atoms with E-state index in [0.29, 0.717) is 22.8 Å². The van der Waals surface area contributed by atoms with Crippen molar-refractivity contribution in [2.45, 2.75) is 32.9 Å². The van der Waals surface area contributed by atoms with Crippen LogP contribution in [0.2, 0.25) is 0 Å². The molecule has 2 amide bonds. The van der Waals surface area contributed by atoms with Crippen LogP contribution in [-0.4, -0.2) is 42.0 Å². The van der Waals surface area contributed by atoms with E-state index in [4.69, 9.17) is 15.2 Å². The van der Waals surface area contributed by atoms with Gasteiger partial charge in [-0.1, -0.05) is 0 Å². The van der Waals surface area contributed by atoms with Gasteiger partial charge in [0.1, 0.15) is 11.6 Å². The number of H-pyrrole nitrogens is 1. The lowest BCUT2D eigenvalue weighted by Crippen LogP contribution is -2.52. The number of aromatic nitrogens is 1. The van der Waals surface area contributed by atoms with E-state index in [0.717, 1.165) is 11.1 Å². The Hall–Kier alpha value is -3.29. The molecule has 1 aromatic carbocycles. The fourth-order valence-corrected chi connectivity index (χ4v) is 3.64. The van der Waals surface area contributed by atoms with Gasteiger partial charge in [-0.2, -0.15) is 0 Å². The van der Waals surface area contributed by atoms with Gasteiger partial charge in [-0.25, -0.2) is 0 Å². The van der Waals surface area contributed by atoms with Gasteiger partial charge in [-0.15, -0.1) is 0 Å². The standard InChI is InChI=1S/C20H23N3O5/c1-10-5-11(2)22-19(25)17(10)20(26)23-9-13-8-16(28-4)15(27-3)7-12(13)6-14(23)18(21)24/h5,7-8,14H,6,9H2,1-4H3,(H2,21,24)(H,22,25). The number of pyridine rings is 1. The van der Waals surface area contributed by atoms with Crippen molar-refractivity contribution in [1.29, 1.82) is 0 Å². The molecule has 8 heteroatoms. The molecule has 1 atom stereocenters. The number of aromatic amines is 1. The second-order valence-corrected chi connectivity index (χ2v) is 6.87. The van der Waals surface area contributed by atoms with Crippen LogP contribution in [-0.2, 0) is 17.8 Å². The minimum atomic E-state index is -0.863. The van der Waals surface area contributed by atoms with Crippen LogP contribution >= 0.6 is 0 Å². The number of rotatable bonds is 4. The molecular formula is C20H23N3O5. The van der Waals surface area contributed by atoms with Crippen LogP contribution < -0.4 is 20.8 Å². The molecule has 1 unspecified atom stereocenters. The first-order chi connectivity index (χ1) is 13.3. The molecular weight excluding hydrogens is 362 g/mol. The Labute approximate surface area is 162 Å². The Bertz CT molecular complexity index is 1010. The van der Waals surface area contributed by atoms with Crippen LogP contribution in [0.4, 0.5) is 0 Å². The number of amides is 2. The highest BCUT2D eigenvalue weighted by Crippen LogP contribution is 2.35. The summed E-state index contributed by atoms with van der Waals surface area (Å²) in [5.74, 6) is -0.0939. The molecule has 148 valence electrons. The smallest absolute Gasteiger partial charge is 0.261 e. The lowest BCUT2D eigenvalue weighted by molar-refractivity contribution is -0.122. The van der Waals surface area contributed by atoms with Gasteiger partial charge in [0, 0.05) is 18.7 Å². The number of methoxy groups -OCH3 is 2. The Kier molecular flexibility index (Phi) is 5.13. The summed E-state index contributed by atoms with van der Waals surface area (Å²) in [5.41, 5.74) is 7.98. The molecule has 1 aromatic heterocycles. The molecule has 0 saturated carbocycles. The maximum atomic E-state index is 13.2. The third-order valence-corrected chi connectivity index (χ3v) is 5.00. The summed E-state index contributed by atoms with van der Waals surface area (Å²) >= 11 is 0. The largest absolute Gasteiger partial charge is 0.493 e. The summed E-state index contributed by atoms with van der Waals surface area (Å²) in [6.07, 6.45) is 0.236. The van der Waals surface area contributed by atoms with Gasteiger partial charge in [0.2, 0.25) is 5.91 Å². The van der Waals surface area contributed by atoms with Crippen molar-refractivity contribution < 1.29 is 19.1 Å². The molecule has 1 aliphatic heterocycles. The van der Waals surface area contributed by atoms with E-state index in [1.165, 1.54) is 19.1 Å². The molecule has 8 nitrogen and oxygen atoms in total. The van der Waals surface area contributed by atoms with Crippen LogP contribution in [0.1, 0.15) is 32.7 Å². The number of nitrogens with zero attached hydrogens (tertiary/aromatic N) is 1. The highest BCUT2D eigenvalue weighted by atomic mass is 16.5. The summed E-state index contributed by atoms with van der Waals surface area (Å²) in [6, 6.07) is 4.42. The third-order valence-electron chi connectivity index (χ3n) is 5.00. The third kappa shape index (κ3) is 3.33. The zero-order chi connectivity index (χ0) is 20.6. The fourth-order valence-electron chi connectivity index (χ4n) is 3.64. The van der Waals surface area contributed by atoms with Crippen molar-refractivity contribution in [3.05, 3.63) is 56.5 Å². The minimum absolute atomic E-state index is 0.0146. The number of ether oxygens (including phenoxy) is 2. The molecule has 2 aromatic rings. The molecule has 0 bridgehead atoms. The predicted octanol–water partition coefficient (Wildman–Crippen LogP) is 1.06. The average Bonchev–Trinajstić information content (AvgIpc) is 2.64. The van der Waals surface area contributed by atoms with E-state index in [-0.39, 0.29) is 18.5 Å². The number of nitrogens with one attached hydrogen (secondary N) is 1. The van der Waals surface area contributed by atoms with E-state index in [1.54, 1.807) is 32.0 Å². The van der Waals surface area contributed by atoms with Crippen LogP contribution in [0.5, 0.6) is 11.5 Å². The maximum Gasteiger partial charge on any atom is 0.261 e. The summed E-state index contributed by atoms with van der Waals surface area (Å²) in [7, 11) is 3.05. The predicted molar refractivity (Wildman–Crippen MR) is 103 cm³/mol. The van der Waals surface area contributed by atoms with Crippen LogP contribution in [0.3, 0.4) is 0 Å². The molecule has 0 spiro atoms. The first-order valence-corrected chi connectivity index (χ1v) is 8.81. The monoisotopic (exact) mass is 385 g/mol. The van der Waals surface area contributed by atoms with Crippen molar-refractivity contribution in [2.75, 3.05) is 14.2 Å². The molecule has 3 rings (SSSR count). The maximum absolute atomic E-state index is 13.2. The van der Waals surface area contributed by atoms with E-state index in [2.05, 4.69) is 4.98 Å². The molecule has 0 saturated heterocycles. The normalized spacial score (nSPS) is 15.7. The van der Waals surface area contributed by atoms with E-state index < -0.39 is 23.4 Å². The Morgan fingerprint density at radius 2 is 1.71 bits per heavy atom. The van der Waals surface area contributed by atoms with E-state index >= 15 is 0 Å². The number of nitrogens with two attached hydrogens (primary N) is 1. The van der Waals surface area contributed by atoms with Crippen molar-refractivity contribution in [2.24, 2.45) is 5.73 Å². The zero-order valence-corrected chi connectivity index (χ0v) is 16.3. The summed E-state index contributed by atoms with van der Waals surface area (Å²) in [5, 5.41) is 0.